The number of rotatable bonds is 7. The van der Waals surface area contributed by atoms with Crippen molar-refractivity contribution < 1.29 is 0 Å². The molecule has 8 aromatic carbocycles. The molecule has 0 saturated heterocycles. The third-order valence-electron chi connectivity index (χ3n) is 10.3. The lowest BCUT2D eigenvalue weighted by atomic mass is 9.91. The predicted octanol–water partition coefficient (Wildman–Crippen LogP) is 14.5. The van der Waals surface area contributed by atoms with Crippen LogP contribution in [-0.4, -0.2) is 9.97 Å². The van der Waals surface area contributed by atoms with Crippen molar-refractivity contribution in [1.29, 1.82) is 0 Å². The average molecular weight is 719 g/mol. The summed E-state index contributed by atoms with van der Waals surface area (Å²) in [6, 6.07) is 73.6. The van der Waals surface area contributed by atoms with Gasteiger partial charge in [0.15, 0.2) is 5.82 Å². The predicted molar refractivity (Wildman–Crippen MR) is 233 cm³/mol. The van der Waals surface area contributed by atoms with E-state index in [0.717, 1.165) is 44.0 Å². The number of fused-ring (bicyclic) bond motifs is 3. The molecule has 0 aliphatic rings. The Balaban J connectivity index is 1.03. The zero-order valence-electron chi connectivity index (χ0n) is 29.9. The summed E-state index contributed by atoms with van der Waals surface area (Å²) in [5, 5.41) is 2.31. The standard InChI is InChI=1S/C52H34N2S/c1-4-15-35(16-5-1)44-32-45(36-17-6-2-7-18-36)34-46(33-44)42-25-13-23-40(30-42)38-21-12-22-39(29-38)41-24-14-26-43(31-41)51-53-50(37-19-8-3-9-20-37)49-47-27-10-11-28-48(47)55-52(49)54-51/h1-34H. The van der Waals surface area contributed by atoms with E-state index in [9.17, 15) is 0 Å². The molecular formula is C52H34N2S. The molecule has 258 valence electrons. The van der Waals surface area contributed by atoms with E-state index < -0.39 is 0 Å². The first-order valence-corrected chi connectivity index (χ1v) is 19.4. The molecule has 0 unspecified atom stereocenters. The van der Waals surface area contributed by atoms with Gasteiger partial charge in [-0.3, -0.25) is 0 Å². The molecule has 0 atom stereocenters. The van der Waals surface area contributed by atoms with Gasteiger partial charge >= 0.3 is 0 Å². The number of nitrogens with zero attached hydrogens (tertiary/aromatic N) is 2. The van der Waals surface area contributed by atoms with Gasteiger partial charge in [0.25, 0.3) is 0 Å². The van der Waals surface area contributed by atoms with Gasteiger partial charge in [-0.15, -0.1) is 11.3 Å². The average Bonchev–Trinajstić information content (AvgIpc) is 3.66. The first-order chi connectivity index (χ1) is 27.2. The molecule has 10 rings (SSSR count). The zero-order chi connectivity index (χ0) is 36.6. The van der Waals surface area contributed by atoms with E-state index in [1.807, 2.05) is 6.07 Å². The van der Waals surface area contributed by atoms with Crippen LogP contribution in [0.4, 0.5) is 0 Å². The number of aromatic nitrogens is 2. The van der Waals surface area contributed by atoms with Gasteiger partial charge in [0.05, 0.1) is 5.69 Å². The summed E-state index contributed by atoms with van der Waals surface area (Å²) in [6.07, 6.45) is 0. The molecule has 2 aromatic heterocycles. The molecule has 0 amide bonds. The Kier molecular flexibility index (Phi) is 8.40. The Bertz CT molecular complexity index is 2910. The van der Waals surface area contributed by atoms with Crippen LogP contribution in [0.2, 0.25) is 0 Å². The van der Waals surface area contributed by atoms with Crippen molar-refractivity contribution >= 4 is 31.6 Å². The fourth-order valence-corrected chi connectivity index (χ4v) is 8.62. The minimum absolute atomic E-state index is 0.733. The lowest BCUT2D eigenvalue weighted by Crippen LogP contribution is -1.94. The highest BCUT2D eigenvalue weighted by atomic mass is 32.1. The summed E-state index contributed by atoms with van der Waals surface area (Å²) in [5.41, 5.74) is 14.9. The summed E-state index contributed by atoms with van der Waals surface area (Å²) in [6.45, 7) is 0. The molecule has 10 aromatic rings. The molecular weight excluding hydrogens is 685 g/mol. The Labute approximate surface area is 324 Å². The maximum Gasteiger partial charge on any atom is 0.161 e. The molecule has 55 heavy (non-hydrogen) atoms. The zero-order valence-corrected chi connectivity index (χ0v) is 30.7. The van der Waals surface area contributed by atoms with E-state index in [-0.39, 0.29) is 0 Å². The van der Waals surface area contributed by atoms with Crippen molar-refractivity contribution in [2.75, 3.05) is 0 Å². The fraction of sp³-hybridized carbons (Fsp3) is 0. The van der Waals surface area contributed by atoms with Crippen molar-refractivity contribution in [1.82, 2.24) is 9.97 Å². The molecule has 0 bridgehead atoms. The Morgan fingerprint density at radius 2 is 0.673 bits per heavy atom. The number of benzene rings is 8. The Morgan fingerprint density at radius 1 is 0.291 bits per heavy atom. The molecule has 3 heteroatoms. The van der Waals surface area contributed by atoms with Gasteiger partial charge < -0.3 is 0 Å². The smallest absolute Gasteiger partial charge is 0.161 e. The molecule has 0 N–H and O–H groups in total. The highest BCUT2D eigenvalue weighted by molar-refractivity contribution is 7.25. The van der Waals surface area contributed by atoms with Crippen LogP contribution < -0.4 is 0 Å². The van der Waals surface area contributed by atoms with Crippen LogP contribution in [0, 0.1) is 0 Å². The van der Waals surface area contributed by atoms with Gasteiger partial charge in [-0.05, 0) is 98.1 Å². The van der Waals surface area contributed by atoms with E-state index in [1.165, 1.54) is 54.6 Å². The second-order valence-electron chi connectivity index (χ2n) is 13.8. The number of hydrogen-bond donors (Lipinski definition) is 0. The van der Waals surface area contributed by atoms with Crippen LogP contribution in [-0.2, 0) is 0 Å². The van der Waals surface area contributed by atoms with E-state index in [2.05, 4.69) is 200 Å². The van der Waals surface area contributed by atoms with Gasteiger partial charge in [0, 0.05) is 26.6 Å². The lowest BCUT2D eigenvalue weighted by molar-refractivity contribution is 1.24. The summed E-state index contributed by atoms with van der Waals surface area (Å²) >= 11 is 1.73. The van der Waals surface area contributed by atoms with Crippen LogP contribution in [0.3, 0.4) is 0 Å². The molecule has 0 radical (unpaired) electrons. The Morgan fingerprint density at radius 3 is 1.22 bits per heavy atom. The molecule has 0 aliphatic carbocycles. The summed E-state index contributed by atoms with van der Waals surface area (Å²) in [7, 11) is 0. The summed E-state index contributed by atoms with van der Waals surface area (Å²) in [4.78, 5) is 11.4. The van der Waals surface area contributed by atoms with Gasteiger partial charge in [0.2, 0.25) is 0 Å². The summed E-state index contributed by atoms with van der Waals surface area (Å²) < 4.78 is 1.22. The van der Waals surface area contributed by atoms with Gasteiger partial charge in [-0.2, -0.15) is 0 Å². The van der Waals surface area contributed by atoms with Crippen LogP contribution in [0.15, 0.2) is 206 Å². The van der Waals surface area contributed by atoms with E-state index in [1.54, 1.807) is 11.3 Å². The van der Waals surface area contributed by atoms with Gasteiger partial charge in [-0.25, -0.2) is 9.97 Å². The van der Waals surface area contributed by atoms with Crippen LogP contribution in [0.5, 0.6) is 0 Å². The molecule has 2 heterocycles. The normalized spacial score (nSPS) is 11.3. The van der Waals surface area contributed by atoms with Crippen LogP contribution in [0.25, 0.3) is 98.6 Å². The Hall–Kier alpha value is -6.94. The summed E-state index contributed by atoms with van der Waals surface area (Å²) in [5.74, 6) is 0.733. The van der Waals surface area contributed by atoms with Crippen molar-refractivity contribution in [3.8, 4) is 78.3 Å². The third kappa shape index (κ3) is 6.41. The second kappa shape index (κ2) is 14.1. The third-order valence-corrected chi connectivity index (χ3v) is 11.3. The second-order valence-corrected chi connectivity index (χ2v) is 14.8. The molecule has 0 saturated carbocycles. The van der Waals surface area contributed by atoms with E-state index in [0.29, 0.717) is 0 Å². The highest BCUT2D eigenvalue weighted by Crippen LogP contribution is 2.40. The minimum atomic E-state index is 0.733. The maximum atomic E-state index is 5.25. The quantitative estimate of drug-likeness (QED) is 0.164. The molecule has 0 fully saturated rings. The fourth-order valence-electron chi connectivity index (χ4n) is 7.54. The van der Waals surface area contributed by atoms with Crippen molar-refractivity contribution in [3.05, 3.63) is 206 Å². The van der Waals surface area contributed by atoms with E-state index >= 15 is 0 Å². The van der Waals surface area contributed by atoms with Crippen LogP contribution >= 0.6 is 11.3 Å². The van der Waals surface area contributed by atoms with Crippen molar-refractivity contribution in [2.24, 2.45) is 0 Å². The first kappa shape index (κ1) is 32.7. The topological polar surface area (TPSA) is 25.8 Å². The molecule has 0 aliphatic heterocycles. The largest absolute Gasteiger partial charge is 0.227 e. The van der Waals surface area contributed by atoms with E-state index in [4.69, 9.17) is 9.97 Å². The SMILES string of the molecule is c1ccc(-c2cc(-c3ccccc3)cc(-c3cccc(-c4cccc(-c5cccc(-c6nc(-c7ccccc7)c7c(n6)sc6ccccc67)c5)c4)c3)c2)cc1. The van der Waals surface area contributed by atoms with Crippen molar-refractivity contribution in [3.63, 3.8) is 0 Å². The monoisotopic (exact) mass is 718 g/mol. The lowest BCUT2D eigenvalue weighted by Gasteiger charge is -2.13. The minimum Gasteiger partial charge on any atom is -0.227 e. The first-order valence-electron chi connectivity index (χ1n) is 18.6. The van der Waals surface area contributed by atoms with Gasteiger partial charge in [0.1, 0.15) is 4.83 Å². The maximum absolute atomic E-state index is 5.25. The van der Waals surface area contributed by atoms with Crippen molar-refractivity contribution in [2.45, 2.75) is 0 Å². The van der Waals surface area contributed by atoms with Gasteiger partial charge in [-0.1, -0.05) is 164 Å². The number of thiophene rings is 1. The van der Waals surface area contributed by atoms with Crippen LogP contribution in [0.1, 0.15) is 0 Å². The number of hydrogen-bond acceptors (Lipinski definition) is 3. The highest BCUT2D eigenvalue weighted by Gasteiger charge is 2.17. The molecule has 0 spiro atoms. The molecule has 2 nitrogen and oxygen atoms in total.